The topological polar surface area (TPSA) is 48.4 Å². The molecule has 1 aromatic heterocycles. The van der Waals surface area contributed by atoms with Crippen LogP contribution in [0, 0.1) is 3.57 Å². The number of alkyl halides is 6. The van der Waals surface area contributed by atoms with E-state index >= 15 is 0 Å². The van der Waals surface area contributed by atoms with Gasteiger partial charge in [0.15, 0.2) is 0 Å². The number of carbonyl (C=O) groups is 1. The molecule has 0 aromatic carbocycles. The van der Waals surface area contributed by atoms with E-state index in [1.807, 2.05) is 0 Å². The van der Waals surface area contributed by atoms with E-state index in [0.717, 1.165) is 29.7 Å². The molecule has 0 saturated carbocycles. The summed E-state index contributed by atoms with van der Waals surface area (Å²) < 4.78 is 81.9. The first-order valence-corrected chi connectivity index (χ1v) is 6.10. The number of methoxy groups -OCH3 is 1. The minimum absolute atomic E-state index is 0.503. The first-order valence-electron chi connectivity index (χ1n) is 5.03. The van der Waals surface area contributed by atoms with Crippen LogP contribution in [0.4, 0.5) is 26.3 Å². The first-order chi connectivity index (χ1) is 9.45. The third-order valence-corrected chi connectivity index (χ3v) is 3.13. The molecule has 4 nitrogen and oxygen atoms in total. The fourth-order valence-electron chi connectivity index (χ4n) is 1.35. The average Bonchev–Trinajstić information content (AvgIpc) is 2.29. The lowest BCUT2D eigenvalue weighted by Gasteiger charge is -2.17. The largest absolute Gasteiger partial charge is 0.574 e. The zero-order valence-corrected chi connectivity index (χ0v) is 12.3. The number of ether oxygens (including phenoxy) is 2. The normalized spacial score (nSPS) is 12.2. The van der Waals surface area contributed by atoms with Gasteiger partial charge in [0.05, 0.1) is 22.7 Å². The molecule has 1 rings (SSSR count). The molecule has 0 saturated heterocycles. The van der Waals surface area contributed by atoms with E-state index in [1.165, 1.54) is 0 Å². The molecule has 0 atom stereocenters. The Morgan fingerprint density at radius 2 is 1.86 bits per heavy atom. The van der Waals surface area contributed by atoms with Gasteiger partial charge in [-0.05, 0) is 28.2 Å². The highest BCUT2D eigenvalue weighted by Gasteiger charge is 2.40. The highest BCUT2D eigenvalue weighted by atomic mass is 127. The Labute approximate surface area is 127 Å². The van der Waals surface area contributed by atoms with E-state index in [-0.39, 0.29) is 0 Å². The number of halogens is 7. The maximum absolute atomic E-state index is 13.0. The van der Waals surface area contributed by atoms with Crippen molar-refractivity contribution in [1.82, 2.24) is 4.98 Å². The van der Waals surface area contributed by atoms with Gasteiger partial charge < -0.3 is 9.47 Å². The summed E-state index contributed by atoms with van der Waals surface area (Å²) in [7, 11) is 0.967. The van der Waals surface area contributed by atoms with Crippen LogP contribution < -0.4 is 4.74 Å². The lowest BCUT2D eigenvalue weighted by Crippen LogP contribution is -2.22. The van der Waals surface area contributed by atoms with E-state index in [2.05, 4.69) is 14.5 Å². The van der Waals surface area contributed by atoms with Crippen LogP contribution in [0.2, 0.25) is 0 Å². The Morgan fingerprint density at radius 3 is 2.29 bits per heavy atom. The number of pyridine rings is 1. The Hall–Kier alpha value is -1.27. The fourth-order valence-corrected chi connectivity index (χ4v) is 2.26. The van der Waals surface area contributed by atoms with Crippen molar-refractivity contribution >= 4 is 28.6 Å². The van der Waals surface area contributed by atoms with Gasteiger partial charge in [-0.25, -0.2) is 4.98 Å². The number of aromatic nitrogens is 1. The molecule has 0 radical (unpaired) electrons. The number of nitrogens with zero attached hydrogens (tertiary/aromatic N) is 1. The molecule has 118 valence electrons. The molecule has 0 aliphatic rings. The minimum atomic E-state index is -5.18. The van der Waals surface area contributed by atoms with Gasteiger partial charge in [-0.1, -0.05) is 0 Å². The summed E-state index contributed by atoms with van der Waals surface area (Å²) in [6.07, 6.45) is -10.4. The molecular weight excluding hydrogens is 423 g/mol. The molecule has 0 aliphatic heterocycles. The quantitative estimate of drug-likeness (QED) is 0.421. The molecule has 1 heterocycles. The van der Waals surface area contributed by atoms with Crippen LogP contribution in [0.15, 0.2) is 6.20 Å². The Bertz CT molecular complexity index is 543. The molecular formula is C10H6F6INO3. The summed E-state index contributed by atoms with van der Waals surface area (Å²) in [4.78, 5) is 14.2. The molecule has 21 heavy (non-hydrogen) atoms. The van der Waals surface area contributed by atoms with Crippen molar-refractivity contribution in [1.29, 1.82) is 0 Å². The zero-order valence-electron chi connectivity index (χ0n) is 10.1. The molecule has 0 aliphatic carbocycles. The van der Waals surface area contributed by atoms with Crippen molar-refractivity contribution in [3.8, 4) is 5.88 Å². The van der Waals surface area contributed by atoms with E-state index in [0.29, 0.717) is 6.20 Å². The van der Waals surface area contributed by atoms with Gasteiger partial charge in [-0.2, -0.15) is 13.2 Å². The van der Waals surface area contributed by atoms with Crippen molar-refractivity contribution in [3.05, 3.63) is 20.9 Å². The van der Waals surface area contributed by atoms with E-state index in [9.17, 15) is 31.1 Å². The summed E-state index contributed by atoms with van der Waals surface area (Å²) in [6.45, 7) is 0. The maximum Gasteiger partial charge on any atom is 0.574 e. The van der Waals surface area contributed by atoms with E-state index < -0.39 is 45.5 Å². The molecule has 0 bridgehead atoms. The molecule has 0 unspecified atom stereocenters. The number of hydrogen-bond donors (Lipinski definition) is 0. The average molecular weight is 429 g/mol. The number of hydrogen-bond acceptors (Lipinski definition) is 4. The monoisotopic (exact) mass is 429 g/mol. The molecule has 0 fully saturated rings. The zero-order chi connectivity index (χ0) is 16.4. The fraction of sp³-hybridized carbons (Fsp3) is 0.400. The van der Waals surface area contributed by atoms with Crippen molar-refractivity contribution in [3.63, 3.8) is 0 Å². The number of rotatable bonds is 3. The van der Waals surface area contributed by atoms with Gasteiger partial charge in [0.1, 0.15) is 0 Å². The lowest BCUT2D eigenvalue weighted by atomic mass is 10.1. The number of carbonyl (C=O) groups excluding carboxylic acids is 1. The molecule has 11 heteroatoms. The van der Waals surface area contributed by atoms with Crippen LogP contribution in [0.5, 0.6) is 5.88 Å². The number of esters is 1. The summed E-state index contributed by atoms with van der Waals surface area (Å²) in [5.74, 6) is -2.22. The molecule has 1 aromatic rings. The third-order valence-electron chi connectivity index (χ3n) is 2.12. The lowest BCUT2D eigenvalue weighted by molar-refractivity contribution is -0.276. The second kappa shape index (κ2) is 6.23. The molecule has 0 N–H and O–H groups in total. The second-order valence-corrected chi connectivity index (χ2v) is 4.65. The van der Waals surface area contributed by atoms with Crippen LogP contribution in [0.25, 0.3) is 0 Å². The standard InChI is InChI=1S/C10H6F6INO3/c1-20-5(19)2-4-3-18-8(21-10(14,15)16)7(17)6(4)9(11,12)13/h3H,2H2,1H3. The second-order valence-electron chi connectivity index (χ2n) is 3.58. The van der Waals surface area contributed by atoms with Crippen LogP contribution in [0.3, 0.4) is 0 Å². The summed E-state index contributed by atoms with van der Waals surface area (Å²) in [6, 6.07) is 0. The first kappa shape index (κ1) is 17.8. The van der Waals surface area contributed by atoms with E-state index in [1.54, 1.807) is 0 Å². The summed E-state index contributed by atoms with van der Waals surface area (Å²) in [5.41, 5.74) is -2.02. The van der Waals surface area contributed by atoms with Crippen molar-refractivity contribution in [2.75, 3.05) is 7.11 Å². The molecule has 0 amide bonds. The van der Waals surface area contributed by atoms with Gasteiger partial charge in [-0.3, -0.25) is 4.79 Å². The predicted molar refractivity (Wildman–Crippen MR) is 64.4 cm³/mol. The Balaban J connectivity index is 3.36. The van der Waals surface area contributed by atoms with Gasteiger partial charge in [0.25, 0.3) is 0 Å². The van der Waals surface area contributed by atoms with Crippen molar-refractivity contribution < 1.29 is 40.6 Å². The van der Waals surface area contributed by atoms with Gasteiger partial charge in [0.2, 0.25) is 5.88 Å². The van der Waals surface area contributed by atoms with Crippen LogP contribution in [-0.2, 0) is 22.1 Å². The van der Waals surface area contributed by atoms with Crippen LogP contribution in [-0.4, -0.2) is 24.4 Å². The highest BCUT2D eigenvalue weighted by molar-refractivity contribution is 14.1. The molecule has 0 spiro atoms. The van der Waals surface area contributed by atoms with Gasteiger partial charge in [0, 0.05) is 6.20 Å². The van der Waals surface area contributed by atoms with Crippen molar-refractivity contribution in [2.45, 2.75) is 19.0 Å². The SMILES string of the molecule is COC(=O)Cc1cnc(OC(F)(F)F)c(I)c1C(F)(F)F. The van der Waals surface area contributed by atoms with Gasteiger partial charge in [-0.15, -0.1) is 13.2 Å². The minimum Gasteiger partial charge on any atom is -0.469 e. The summed E-state index contributed by atoms with van der Waals surface area (Å²) in [5, 5.41) is 0. The van der Waals surface area contributed by atoms with Crippen LogP contribution in [0.1, 0.15) is 11.1 Å². The third kappa shape index (κ3) is 4.89. The van der Waals surface area contributed by atoms with Gasteiger partial charge >= 0.3 is 18.5 Å². The summed E-state index contributed by atoms with van der Waals surface area (Å²) >= 11 is 1.03. The van der Waals surface area contributed by atoms with Crippen molar-refractivity contribution in [2.24, 2.45) is 0 Å². The highest BCUT2D eigenvalue weighted by Crippen LogP contribution is 2.39. The van der Waals surface area contributed by atoms with Crippen LogP contribution >= 0.6 is 22.6 Å². The maximum atomic E-state index is 13.0. The Morgan fingerprint density at radius 1 is 1.29 bits per heavy atom. The smallest absolute Gasteiger partial charge is 0.469 e. The predicted octanol–water partition coefficient (Wildman–Crippen LogP) is 3.32. The Kier molecular flexibility index (Phi) is 5.28. The van der Waals surface area contributed by atoms with E-state index in [4.69, 9.17) is 0 Å².